The van der Waals surface area contributed by atoms with Crippen LogP contribution >= 0.6 is 0 Å². The normalized spacial score (nSPS) is 23.1. The van der Waals surface area contributed by atoms with Gasteiger partial charge in [0.25, 0.3) is 0 Å². The second-order valence-corrected chi connectivity index (χ2v) is 7.52. The van der Waals surface area contributed by atoms with Crippen LogP contribution in [0.15, 0.2) is 17.0 Å². The Morgan fingerprint density at radius 1 is 1.40 bits per heavy atom. The molecule has 1 aromatic carbocycles. The summed E-state index contributed by atoms with van der Waals surface area (Å²) in [7, 11) is -3.70. The summed E-state index contributed by atoms with van der Waals surface area (Å²) in [6, 6.07) is 2.32. The molecule has 3 N–H and O–H groups in total. The molecule has 0 amide bonds. The lowest BCUT2D eigenvalue weighted by atomic mass is 10.1. The van der Waals surface area contributed by atoms with Crippen LogP contribution in [0.5, 0.6) is 0 Å². The van der Waals surface area contributed by atoms with Crippen LogP contribution in [0.4, 0.5) is 10.1 Å². The summed E-state index contributed by atoms with van der Waals surface area (Å²) in [5.74, 6) is 0.421. The van der Waals surface area contributed by atoms with E-state index in [1.165, 1.54) is 13.0 Å². The lowest BCUT2D eigenvalue weighted by Gasteiger charge is -2.13. The fourth-order valence-electron chi connectivity index (χ4n) is 2.65. The third-order valence-electron chi connectivity index (χ3n) is 4.03. The Morgan fingerprint density at radius 3 is 2.65 bits per heavy atom. The van der Waals surface area contributed by atoms with Crippen LogP contribution in [0.25, 0.3) is 0 Å². The monoisotopic (exact) mass is 300 g/mol. The second-order valence-electron chi connectivity index (χ2n) is 5.76. The van der Waals surface area contributed by atoms with E-state index in [4.69, 9.17) is 5.73 Å². The molecule has 0 radical (unpaired) electrons. The molecule has 1 fully saturated rings. The van der Waals surface area contributed by atoms with Crippen molar-refractivity contribution in [1.29, 1.82) is 0 Å². The van der Waals surface area contributed by atoms with Gasteiger partial charge in [0, 0.05) is 17.8 Å². The molecule has 0 bridgehead atoms. The Morgan fingerprint density at radius 2 is 2.10 bits per heavy atom. The van der Waals surface area contributed by atoms with Gasteiger partial charge in [0.1, 0.15) is 5.82 Å². The molecule has 2 atom stereocenters. The minimum atomic E-state index is -3.70. The van der Waals surface area contributed by atoms with Crippen molar-refractivity contribution >= 4 is 15.7 Å². The van der Waals surface area contributed by atoms with Gasteiger partial charge in [-0.3, -0.25) is 0 Å². The molecule has 1 saturated carbocycles. The fraction of sp³-hybridized carbons (Fsp3) is 0.571. The molecule has 20 heavy (non-hydrogen) atoms. The topological polar surface area (TPSA) is 72.2 Å². The average Bonchev–Trinajstić information content (AvgIpc) is 2.79. The summed E-state index contributed by atoms with van der Waals surface area (Å²) >= 11 is 0. The van der Waals surface area contributed by atoms with Gasteiger partial charge in [0.05, 0.1) is 4.90 Å². The second kappa shape index (κ2) is 5.69. The van der Waals surface area contributed by atoms with Crippen LogP contribution in [0.1, 0.15) is 31.7 Å². The van der Waals surface area contributed by atoms with E-state index in [0.717, 1.165) is 25.3 Å². The molecule has 0 aliphatic heterocycles. The smallest absolute Gasteiger partial charge is 0.240 e. The number of hydrogen-bond acceptors (Lipinski definition) is 3. The molecule has 0 heterocycles. The molecule has 2 unspecified atom stereocenters. The summed E-state index contributed by atoms with van der Waals surface area (Å²) in [6.07, 6.45) is 3.21. The third-order valence-corrected chi connectivity index (χ3v) is 5.44. The Kier molecular flexibility index (Phi) is 4.34. The fourth-order valence-corrected chi connectivity index (χ4v) is 3.81. The summed E-state index contributed by atoms with van der Waals surface area (Å²) in [4.78, 5) is -0.107. The molecule has 2 rings (SSSR count). The van der Waals surface area contributed by atoms with Crippen molar-refractivity contribution in [2.24, 2.45) is 11.8 Å². The lowest BCUT2D eigenvalue weighted by molar-refractivity contribution is 0.498. The first-order valence-corrected chi connectivity index (χ1v) is 8.33. The number of rotatable bonds is 4. The predicted octanol–water partition coefficient (Wildman–Crippen LogP) is 2.43. The number of nitrogens with one attached hydrogen (secondary N) is 1. The third kappa shape index (κ3) is 3.30. The van der Waals surface area contributed by atoms with Crippen LogP contribution in [0.2, 0.25) is 0 Å². The number of benzene rings is 1. The number of hydrogen-bond donors (Lipinski definition) is 2. The van der Waals surface area contributed by atoms with E-state index in [1.807, 2.05) is 0 Å². The van der Waals surface area contributed by atoms with Gasteiger partial charge in [0.15, 0.2) is 0 Å². The highest BCUT2D eigenvalue weighted by atomic mass is 32.2. The summed E-state index contributed by atoms with van der Waals surface area (Å²) < 4.78 is 40.5. The van der Waals surface area contributed by atoms with Gasteiger partial charge in [-0.05, 0) is 43.7 Å². The summed E-state index contributed by atoms with van der Waals surface area (Å²) in [5.41, 5.74) is 6.05. The number of nitrogen functional groups attached to an aromatic ring is 1. The molecule has 1 aliphatic carbocycles. The average molecular weight is 300 g/mol. The number of nitrogens with two attached hydrogens (primary N) is 1. The minimum Gasteiger partial charge on any atom is -0.398 e. The summed E-state index contributed by atoms with van der Waals surface area (Å²) in [5, 5.41) is 0. The molecular weight excluding hydrogens is 279 g/mol. The zero-order valence-electron chi connectivity index (χ0n) is 11.8. The van der Waals surface area contributed by atoms with Gasteiger partial charge in [-0.2, -0.15) is 0 Å². The number of sulfonamides is 1. The highest BCUT2D eigenvalue weighted by Gasteiger charge is 2.24. The maximum atomic E-state index is 13.6. The SMILES string of the molecule is Cc1c(N)cc(S(=O)(=O)NCC2CCC(C)C2)cc1F. The summed E-state index contributed by atoms with van der Waals surface area (Å²) in [6.45, 7) is 4.10. The van der Waals surface area contributed by atoms with Crippen LogP contribution in [0.3, 0.4) is 0 Å². The van der Waals surface area contributed by atoms with E-state index < -0.39 is 15.8 Å². The van der Waals surface area contributed by atoms with Gasteiger partial charge >= 0.3 is 0 Å². The first-order valence-electron chi connectivity index (χ1n) is 6.85. The van der Waals surface area contributed by atoms with E-state index in [9.17, 15) is 12.8 Å². The maximum Gasteiger partial charge on any atom is 0.240 e. The number of anilines is 1. The molecule has 112 valence electrons. The van der Waals surface area contributed by atoms with E-state index >= 15 is 0 Å². The Hall–Kier alpha value is -1.14. The van der Waals surface area contributed by atoms with Crippen molar-refractivity contribution in [3.05, 3.63) is 23.5 Å². The molecule has 6 heteroatoms. The van der Waals surface area contributed by atoms with E-state index in [1.54, 1.807) is 0 Å². The molecule has 0 saturated heterocycles. The molecule has 0 spiro atoms. The van der Waals surface area contributed by atoms with Crippen LogP contribution in [0, 0.1) is 24.6 Å². The zero-order chi connectivity index (χ0) is 14.9. The van der Waals surface area contributed by atoms with Crippen molar-refractivity contribution in [3.63, 3.8) is 0 Å². The first kappa shape index (κ1) is 15.3. The zero-order valence-corrected chi connectivity index (χ0v) is 12.6. The van der Waals surface area contributed by atoms with Crippen LogP contribution in [-0.2, 0) is 10.0 Å². The van der Waals surface area contributed by atoms with Gasteiger partial charge in [-0.25, -0.2) is 17.5 Å². The predicted molar refractivity (Wildman–Crippen MR) is 77.2 cm³/mol. The lowest BCUT2D eigenvalue weighted by Crippen LogP contribution is -2.28. The van der Waals surface area contributed by atoms with Gasteiger partial charge in [0.2, 0.25) is 10.0 Å². The maximum absolute atomic E-state index is 13.6. The Balaban J connectivity index is 2.10. The largest absolute Gasteiger partial charge is 0.398 e. The molecule has 1 aromatic rings. The van der Waals surface area contributed by atoms with Crippen molar-refractivity contribution in [1.82, 2.24) is 4.72 Å². The standard InChI is InChI=1S/C14H21FN2O2S/c1-9-3-4-11(5-9)8-17-20(18,19)12-6-13(15)10(2)14(16)7-12/h6-7,9,11,17H,3-5,8,16H2,1-2H3. The Bertz CT molecular complexity index is 578. The molecule has 0 aromatic heterocycles. The molecule has 4 nitrogen and oxygen atoms in total. The quantitative estimate of drug-likeness (QED) is 0.839. The van der Waals surface area contributed by atoms with Crippen LogP contribution < -0.4 is 10.5 Å². The van der Waals surface area contributed by atoms with E-state index in [2.05, 4.69) is 11.6 Å². The van der Waals surface area contributed by atoms with E-state index in [-0.39, 0.29) is 16.1 Å². The number of halogens is 1. The van der Waals surface area contributed by atoms with E-state index in [0.29, 0.717) is 18.4 Å². The van der Waals surface area contributed by atoms with Crippen molar-refractivity contribution < 1.29 is 12.8 Å². The minimum absolute atomic E-state index is 0.107. The van der Waals surface area contributed by atoms with Crippen molar-refractivity contribution in [2.75, 3.05) is 12.3 Å². The van der Waals surface area contributed by atoms with Crippen molar-refractivity contribution in [3.8, 4) is 0 Å². The van der Waals surface area contributed by atoms with Crippen molar-refractivity contribution in [2.45, 2.75) is 38.0 Å². The Labute approximate surface area is 119 Å². The van der Waals surface area contributed by atoms with Gasteiger partial charge in [-0.1, -0.05) is 13.3 Å². The van der Waals surface area contributed by atoms with Gasteiger partial charge in [-0.15, -0.1) is 0 Å². The highest BCUT2D eigenvalue weighted by Crippen LogP contribution is 2.30. The van der Waals surface area contributed by atoms with Crippen LogP contribution in [-0.4, -0.2) is 15.0 Å². The molecular formula is C14H21FN2O2S. The molecule has 1 aliphatic rings. The highest BCUT2D eigenvalue weighted by molar-refractivity contribution is 7.89. The van der Waals surface area contributed by atoms with Gasteiger partial charge < -0.3 is 5.73 Å². The first-order chi connectivity index (χ1) is 9.29.